The van der Waals surface area contributed by atoms with E-state index in [2.05, 4.69) is 33.4 Å². The highest BCUT2D eigenvalue weighted by molar-refractivity contribution is 5.84. The number of nitriles is 1. The Morgan fingerprint density at radius 2 is 1.83 bits per heavy atom. The quantitative estimate of drug-likeness (QED) is 0.453. The van der Waals surface area contributed by atoms with Gasteiger partial charge in [0.2, 0.25) is 5.91 Å². The summed E-state index contributed by atoms with van der Waals surface area (Å²) in [5.41, 5.74) is 5.14. The second-order valence-electron chi connectivity index (χ2n) is 8.91. The summed E-state index contributed by atoms with van der Waals surface area (Å²) in [4.78, 5) is 28.2. The van der Waals surface area contributed by atoms with Crippen LogP contribution in [0.25, 0.3) is 16.9 Å². The standard InChI is InChI=1S/C27H28N8O/c1-32(2)22-9-7-20(8-10-22)26-27(35-12-11-29-18-24(35)31-26)30-19-25(36)34-15-13-33(14-16-34)23-6-4-3-5-21(23)17-28/h3-12,18,30H,13-16,19H2,1-2H3. The van der Waals surface area contributed by atoms with E-state index in [0.717, 1.165) is 28.5 Å². The number of nitrogens with zero attached hydrogens (tertiary/aromatic N) is 7. The van der Waals surface area contributed by atoms with Gasteiger partial charge in [-0.3, -0.25) is 14.2 Å². The van der Waals surface area contributed by atoms with Crippen LogP contribution in [0.15, 0.2) is 67.1 Å². The van der Waals surface area contributed by atoms with Crippen molar-refractivity contribution in [3.05, 3.63) is 72.7 Å². The zero-order valence-corrected chi connectivity index (χ0v) is 20.4. The number of hydrogen-bond acceptors (Lipinski definition) is 7. The molecule has 9 heteroatoms. The third kappa shape index (κ3) is 4.53. The molecule has 0 aliphatic carbocycles. The molecule has 2 aromatic heterocycles. The van der Waals surface area contributed by atoms with Gasteiger partial charge < -0.3 is 20.0 Å². The molecule has 0 spiro atoms. The predicted octanol–water partition coefficient (Wildman–Crippen LogP) is 3.09. The summed E-state index contributed by atoms with van der Waals surface area (Å²) in [5.74, 6) is 0.793. The Kier molecular flexibility index (Phi) is 6.41. The molecule has 1 aliphatic rings. The number of piperazine rings is 1. The molecule has 0 bridgehead atoms. The lowest BCUT2D eigenvalue weighted by Crippen LogP contribution is -2.50. The van der Waals surface area contributed by atoms with Crippen LogP contribution in [-0.4, -0.2) is 72.0 Å². The number of fused-ring (bicyclic) bond motifs is 1. The average molecular weight is 481 g/mol. The third-order valence-electron chi connectivity index (χ3n) is 6.49. The Bertz CT molecular complexity index is 1410. The van der Waals surface area contributed by atoms with Crippen LogP contribution in [0, 0.1) is 11.3 Å². The number of para-hydroxylation sites is 1. The molecule has 0 unspecified atom stereocenters. The minimum atomic E-state index is 0.0288. The van der Waals surface area contributed by atoms with Gasteiger partial charge in [0.15, 0.2) is 5.65 Å². The van der Waals surface area contributed by atoms with Crippen molar-refractivity contribution in [2.45, 2.75) is 0 Å². The van der Waals surface area contributed by atoms with Gasteiger partial charge in [-0.15, -0.1) is 0 Å². The fourth-order valence-electron chi connectivity index (χ4n) is 4.51. The second-order valence-corrected chi connectivity index (χ2v) is 8.91. The molecular weight excluding hydrogens is 452 g/mol. The van der Waals surface area contributed by atoms with E-state index >= 15 is 0 Å². The van der Waals surface area contributed by atoms with Crippen molar-refractivity contribution in [2.24, 2.45) is 0 Å². The first-order valence-corrected chi connectivity index (χ1v) is 11.9. The number of benzene rings is 2. The van der Waals surface area contributed by atoms with Crippen molar-refractivity contribution in [3.8, 4) is 17.3 Å². The lowest BCUT2D eigenvalue weighted by Gasteiger charge is -2.36. The number of aromatic nitrogens is 3. The summed E-state index contributed by atoms with van der Waals surface area (Å²) < 4.78 is 1.92. The van der Waals surface area contributed by atoms with Gasteiger partial charge in [-0.1, -0.05) is 24.3 Å². The third-order valence-corrected chi connectivity index (χ3v) is 6.49. The number of nitrogens with one attached hydrogen (secondary N) is 1. The fraction of sp³-hybridized carbons (Fsp3) is 0.259. The molecule has 9 nitrogen and oxygen atoms in total. The Morgan fingerprint density at radius 3 is 2.56 bits per heavy atom. The first kappa shape index (κ1) is 23.2. The number of rotatable bonds is 6. The monoisotopic (exact) mass is 480 g/mol. The van der Waals surface area contributed by atoms with Gasteiger partial charge in [0.25, 0.3) is 0 Å². The summed E-state index contributed by atoms with van der Waals surface area (Å²) in [7, 11) is 4.01. The fourth-order valence-corrected chi connectivity index (χ4v) is 4.51. The minimum Gasteiger partial charge on any atom is -0.378 e. The number of anilines is 3. The van der Waals surface area contributed by atoms with Crippen LogP contribution in [0.5, 0.6) is 0 Å². The van der Waals surface area contributed by atoms with Gasteiger partial charge in [0.05, 0.1) is 24.0 Å². The molecular formula is C27H28N8O. The molecule has 182 valence electrons. The van der Waals surface area contributed by atoms with Crippen LogP contribution >= 0.6 is 0 Å². The van der Waals surface area contributed by atoms with Crippen LogP contribution in [-0.2, 0) is 4.79 Å². The largest absolute Gasteiger partial charge is 0.378 e. The Morgan fingerprint density at radius 1 is 1.08 bits per heavy atom. The van der Waals surface area contributed by atoms with E-state index in [0.29, 0.717) is 37.4 Å². The van der Waals surface area contributed by atoms with Crippen molar-refractivity contribution in [3.63, 3.8) is 0 Å². The van der Waals surface area contributed by atoms with E-state index < -0.39 is 0 Å². The molecule has 5 rings (SSSR count). The van der Waals surface area contributed by atoms with E-state index in [1.54, 1.807) is 12.4 Å². The lowest BCUT2D eigenvalue weighted by atomic mass is 10.1. The van der Waals surface area contributed by atoms with Gasteiger partial charge in [0, 0.05) is 63.9 Å². The minimum absolute atomic E-state index is 0.0288. The van der Waals surface area contributed by atoms with Crippen molar-refractivity contribution in [1.82, 2.24) is 19.3 Å². The highest BCUT2D eigenvalue weighted by Gasteiger charge is 2.23. The molecule has 1 fully saturated rings. The maximum atomic E-state index is 13.1. The molecule has 1 saturated heterocycles. The Labute approximate surface area is 210 Å². The van der Waals surface area contributed by atoms with Gasteiger partial charge in [-0.05, 0) is 24.3 Å². The molecule has 0 saturated carbocycles. The summed E-state index contributed by atoms with van der Waals surface area (Å²) in [6.45, 7) is 2.75. The molecule has 1 amide bonds. The van der Waals surface area contributed by atoms with Crippen LogP contribution in [0.1, 0.15) is 5.56 Å². The first-order valence-electron chi connectivity index (χ1n) is 11.9. The van der Waals surface area contributed by atoms with Crippen molar-refractivity contribution in [1.29, 1.82) is 5.26 Å². The molecule has 0 atom stereocenters. The zero-order chi connectivity index (χ0) is 25.1. The Hall–Kier alpha value is -4.58. The molecule has 1 aliphatic heterocycles. The van der Waals surface area contributed by atoms with E-state index in [4.69, 9.17) is 4.98 Å². The smallest absolute Gasteiger partial charge is 0.242 e. The maximum Gasteiger partial charge on any atom is 0.242 e. The second kappa shape index (κ2) is 9.96. The number of hydrogen-bond donors (Lipinski definition) is 1. The molecule has 0 radical (unpaired) electrons. The van der Waals surface area contributed by atoms with E-state index in [1.807, 2.05) is 70.9 Å². The van der Waals surface area contributed by atoms with Gasteiger partial charge >= 0.3 is 0 Å². The van der Waals surface area contributed by atoms with Crippen LogP contribution < -0.4 is 15.1 Å². The van der Waals surface area contributed by atoms with Crippen LogP contribution in [0.2, 0.25) is 0 Å². The highest BCUT2D eigenvalue weighted by Crippen LogP contribution is 2.30. The van der Waals surface area contributed by atoms with Crippen LogP contribution in [0.3, 0.4) is 0 Å². The summed E-state index contributed by atoms with van der Waals surface area (Å²) >= 11 is 0. The van der Waals surface area contributed by atoms with Gasteiger partial charge in [-0.2, -0.15) is 5.26 Å². The molecule has 2 aromatic carbocycles. The predicted molar refractivity (Wildman–Crippen MR) is 141 cm³/mol. The van der Waals surface area contributed by atoms with Crippen molar-refractivity contribution < 1.29 is 4.79 Å². The summed E-state index contributed by atoms with van der Waals surface area (Å²) in [6.07, 6.45) is 5.26. The summed E-state index contributed by atoms with van der Waals surface area (Å²) in [6, 6.07) is 18.0. The number of imidazole rings is 1. The van der Waals surface area contributed by atoms with E-state index in [1.165, 1.54) is 0 Å². The zero-order valence-electron chi connectivity index (χ0n) is 20.4. The lowest BCUT2D eigenvalue weighted by molar-refractivity contribution is -0.129. The summed E-state index contributed by atoms with van der Waals surface area (Å²) in [5, 5.41) is 12.7. The van der Waals surface area contributed by atoms with Gasteiger partial charge in [-0.25, -0.2) is 4.98 Å². The van der Waals surface area contributed by atoms with Crippen molar-refractivity contribution >= 4 is 28.7 Å². The maximum absolute atomic E-state index is 13.1. The average Bonchev–Trinajstić information content (AvgIpc) is 3.30. The molecule has 4 aromatic rings. The van der Waals surface area contributed by atoms with Gasteiger partial charge in [0.1, 0.15) is 17.6 Å². The first-order chi connectivity index (χ1) is 17.5. The van der Waals surface area contributed by atoms with E-state index in [9.17, 15) is 10.1 Å². The Balaban J connectivity index is 1.29. The highest BCUT2D eigenvalue weighted by atomic mass is 16.2. The molecule has 36 heavy (non-hydrogen) atoms. The van der Waals surface area contributed by atoms with Crippen molar-refractivity contribution in [2.75, 3.05) is 61.9 Å². The SMILES string of the molecule is CN(C)c1ccc(-c2nc3cnccn3c2NCC(=O)N2CCN(c3ccccc3C#N)CC2)cc1. The molecule has 3 heterocycles. The number of carbonyl (C=O) groups excluding carboxylic acids is 1. The number of carbonyl (C=O) groups is 1. The number of amides is 1. The molecule has 1 N–H and O–H groups in total. The topological polar surface area (TPSA) is 92.8 Å². The van der Waals surface area contributed by atoms with Crippen LogP contribution in [0.4, 0.5) is 17.2 Å². The normalized spacial score (nSPS) is 13.5. The van der Waals surface area contributed by atoms with E-state index in [-0.39, 0.29) is 12.5 Å².